The van der Waals surface area contributed by atoms with Crippen molar-refractivity contribution < 1.29 is 19.0 Å². The van der Waals surface area contributed by atoms with Gasteiger partial charge in [0.15, 0.2) is 16.3 Å². The maximum atomic E-state index is 12.3. The largest absolute Gasteiger partial charge is 0.490 e. The highest BCUT2D eigenvalue weighted by Crippen LogP contribution is 2.30. The number of hydrogen-bond donors (Lipinski definition) is 2. The van der Waals surface area contributed by atoms with E-state index in [1.807, 2.05) is 6.92 Å². The third-order valence-corrected chi connectivity index (χ3v) is 3.99. The monoisotopic (exact) mass is 404 g/mol. The Morgan fingerprint density at radius 1 is 1.14 bits per heavy atom. The van der Waals surface area contributed by atoms with Crippen LogP contribution in [0.2, 0.25) is 0 Å². The van der Waals surface area contributed by atoms with Gasteiger partial charge < -0.3 is 19.2 Å². The van der Waals surface area contributed by atoms with Crippen molar-refractivity contribution in [1.82, 2.24) is 9.97 Å². The normalized spacial score (nSPS) is 11.2. The topological polar surface area (TPSA) is 93.4 Å². The van der Waals surface area contributed by atoms with E-state index < -0.39 is 11.5 Å². The van der Waals surface area contributed by atoms with Gasteiger partial charge in [0.25, 0.3) is 5.56 Å². The molecule has 2 aromatic rings. The highest BCUT2D eigenvalue weighted by Gasteiger charge is 2.15. The SMILES string of the molecule is CCCCOc1ccc(/C=C(\C(=O)OC)c2cc(=O)[nH]c(=S)[nH]2)cc1OCC. The minimum atomic E-state index is -0.600. The van der Waals surface area contributed by atoms with Crippen LogP contribution in [0, 0.1) is 4.77 Å². The average Bonchev–Trinajstić information content (AvgIpc) is 2.66. The molecule has 150 valence electrons. The van der Waals surface area contributed by atoms with E-state index >= 15 is 0 Å². The van der Waals surface area contributed by atoms with Gasteiger partial charge in [-0.15, -0.1) is 0 Å². The molecule has 1 aromatic heterocycles. The number of H-pyrrole nitrogens is 2. The van der Waals surface area contributed by atoms with Crippen LogP contribution in [0.15, 0.2) is 29.1 Å². The Bertz CT molecular complexity index is 933. The number of benzene rings is 1. The van der Waals surface area contributed by atoms with E-state index in [4.69, 9.17) is 26.4 Å². The Labute approximate surface area is 168 Å². The summed E-state index contributed by atoms with van der Waals surface area (Å²) >= 11 is 4.99. The number of hydrogen-bond acceptors (Lipinski definition) is 6. The number of unbranched alkanes of at least 4 members (excludes halogenated alkanes) is 1. The van der Waals surface area contributed by atoms with Crippen molar-refractivity contribution >= 4 is 29.8 Å². The molecule has 0 atom stereocenters. The second-order valence-electron chi connectivity index (χ2n) is 5.89. The summed E-state index contributed by atoms with van der Waals surface area (Å²) < 4.78 is 16.4. The van der Waals surface area contributed by atoms with Crippen molar-refractivity contribution in [2.75, 3.05) is 20.3 Å². The number of carbonyl (C=O) groups excluding carboxylic acids is 1. The molecule has 7 nitrogen and oxygen atoms in total. The van der Waals surface area contributed by atoms with Crippen LogP contribution >= 0.6 is 12.2 Å². The van der Waals surface area contributed by atoms with Crippen molar-refractivity contribution in [2.24, 2.45) is 0 Å². The van der Waals surface area contributed by atoms with E-state index in [1.54, 1.807) is 24.3 Å². The zero-order valence-electron chi connectivity index (χ0n) is 16.2. The van der Waals surface area contributed by atoms with Crippen molar-refractivity contribution in [1.29, 1.82) is 0 Å². The highest BCUT2D eigenvalue weighted by molar-refractivity contribution is 7.71. The fourth-order valence-electron chi connectivity index (χ4n) is 2.47. The quantitative estimate of drug-likeness (QED) is 0.286. The number of methoxy groups -OCH3 is 1. The van der Waals surface area contributed by atoms with Gasteiger partial charge in [-0.3, -0.25) is 9.78 Å². The van der Waals surface area contributed by atoms with Crippen molar-refractivity contribution in [3.8, 4) is 11.5 Å². The Morgan fingerprint density at radius 2 is 1.93 bits per heavy atom. The van der Waals surface area contributed by atoms with E-state index in [2.05, 4.69) is 16.9 Å². The molecule has 0 saturated carbocycles. The van der Waals surface area contributed by atoms with E-state index in [0.29, 0.717) is 30.3 Å². The Morgan fingerprint density at radius 3 is 2.57 bits per heavy atom. The second kappa shape index (κ2) is 10.5. The maximum Gasteiger partial charge on any atom is 0.339 e. The molecule has 0 aliphatic rings. The number of aromatic amines is 2. The average molecular weight is 404 g/mol. The molecule has 0 unspecified atom stereocenters. The minimum Gasteiger partial charge on any atom is -0.490 e. The highest BCUT2D eigenvalue weighted by atomic mass is 32.1. The zero-order chi connectivity index (χ0) is 20.5. The molecule has 0 amide bonds. The molecule has 2 N–H and O–H groups in total. The summed E-state index contributed by atoms with van der Waals surface area (Å²) in [5, 5.41) is 0. The van der Waals surface area contributed by atoms with Gasteiger partial charge >= 0.3 is 5.97 Å². The molecular formula is C20H24N2O5S. The number of aromatic nitrogens is 2. The van der Waals surface area contributed by atoms with Gasteiger partial charge in [-0.1, -0.05) is 19.4 Å². The van der Waals surface area contributed by atoms with Gasteiger partial charge in [-0.05, 0) is 49.3 Å². The molecule has 0 aliphatic carbocycles. The molecule has 2 rings (SSSR count). The summed E-state index contributed by atoms with van der Waals surface area (Å²) in [4.78, 5) is 29.2. The van der Waals surface area contributed by atoms with E-state index in [-0.39, 0.29) is 16.0 Å². The van der Waals surface area contributed by atoms with E-state index in [9.17, 15) is 9.59 Å². The molecule has 8 heteroatoms. The maximum absolute atomic E-state index is 12.3. The lowest BCUT2D eigenvalue weighted by Gasteiger charge is -2.13. The molecule has 0 radical (unpaired) electrons. The smallest absolute Gasteiger partial charge is 0.339 e. The Hall–Kier alpha value is -2.87. The first-order valence-corrected chi connectivity index (χ1v) is 9.43. The third kappa shape index (κ3) is 5.82. The summed E-state index contributed by atoms with van der Waals surface area (Å²) in [6.45, 7) is 5.05. The lowest BCUT2D eigenvalue weighted by atomic mass is 10.1. The zero-order valence-corrected chi connectivity index (χ0v) is 17.0. The van der Waals surface area contributed by atoms with Crippen LogP contribution in [0.25, 0.3) is 11.6 Å². The third-order valence-electron chi connectivity index (χ3n) is 3.79. The number of ether oxygens (including phenoxy) is 3. The van der Waals surface area contributed by atoms with Gasteiger partial charge in [-0.2, -0.15) is 0 Å². The van der Waals surface area contributed by atoms with Gasteiger partial charge in [-0.25, -0.2) is 4.79 Å². The summed E-state index contributed by atoms with van der Waals surface area (Å²) in [6, 6.07) is 6.62. The van der Waals surface area contributed by atoms with Gasteiger partial charge in [0.2, 0.25) is 0 Å². The predicted octanol–water partition coefficient (Wildman–Crippen LogP) is 3.72. The van der Waals surface area contributed by atoms with Crippen LogP contribution < -0.4 is 15.0 Å². The molecule has 0 saturated heterocycles. The first-order chi connectivity index (χ1) is 13.5. The van der Waals surface area contributed by atoms with Gasteiger partial charge in [0.05, 0.1) is 31.6 Å². The standard InChI is InChI=1S/C20H24N2O5S/c1-4-6-9-27-16-8-7-13(11-17(16)26-5-2)10-14(19(24)25-3)15-12-18(23)22-20(28)21-15/h7-8,10-12H,4-6,9H2,1-3H3,(H2,21,22,23,28)/b14-10-. The molecule has 0 fully saturated rings. The van der Waals surface area contributed by atoms with Crippen molar-refractivity contribution in [2.45, 2.75) is 26.7 Å². The minimum absolute atomic E-state index is 0.118. The fourth-order valence-corrected chi connectivity index (χ4v) is 2.68. The number of carbonyl (C=O) groups is 1. The molecule has 0 spiro atoms. The predicted molar refractivity (Wildman–Crippen MR) is 110 cm³/mol. The van der Waals surface area contributed by atoms with Crippen LogP contribution in [0.4, 0.5) is 0 Å². The second-order valence-corrected chi connectivity index (χ2v) is 6.30. The number of esters is 1. The van der Waals surface area contributed by atoms with Crippen LogP contribution in [-0.4, -0.2) is 36.3 Å². The van der Waals surface area contributed by atoms with Crippen LogP contribution in [0.5, 0.6) is 11.5 Å². The number of nitrogens with one attached hydrogen (secondary N) is 2. The fraction of sp³-hybridized carbons (Fsp3) is 0.350. The van der Waals surface area contributed by atoms with Crippen molar-refractivity contribution in [3.63, 3.8) is 0 Å². The first-order valence-electron chi connectivity index (χ1n) is 9.02. The summed E-state index contributed by atoms with van der Waals surface area (Å²) in [5.41, 5.74) is 0.707. The first kappa shape index (κ1) is 21.4. The molecule has 28 heavy (non-hydrogen) atoms. The lowest BCUT2D eigenvalue weighted by molar-refractivity contribution is -0.133. The van der Waals surface area contributed by atoms with E-state index in [0.717, 1.165) is 12.8 Å². The molecule has 0 bridgehead atoms. The summed E-state index contributed by atoms with van der Waals surface area (Å²) in [5.74, 6) is 0.621. The summed E-state index contributed by atoms with van der Waals surface area (Å²) in [7, 11) is 1.27. The van der Waals surface area contributed by atoms with Crippen molar-refractivity contribution in [3.05, 3.63) is 50.6 Å². The Kier molecular flexibility index (Phi) is 8.01. The molecular weight excluding hydrogens is 380 g/mol. The lowest BCUT2D eigenvalue weighted by Crippen LogP contribution is -2.12. The van der Waals surface area contributed by atoms with Crippen LogP contribution in [-0.2, 0) is 9.53 Å². The van der Waals surface area contributed by atoms with Gasteiger partial charge in [0.1, 0.15) is 0 Å². The molecule has 1 aromatic carbocycles. The molecule has 0 aliphatic heterocycles. The molecule has 1 heterocycles. The van der Waals surface area contributed by atoms with Crippen LogP contribution in [0.3, 0.4) is 0 Å². The van der Waals surface area contributed by atoms with E-state index in [1.165, 1.54) is 13.2 Å². The number of rotatable bonds is 9. The Balaban J connectivity index is 2.47. The van der Waals surface area contributed by atoms with Gasteiger partial charge in [0, 0.05) is 6.07 Å². The summed E-state index contributed by atoms with van der Waals surface area (Å²) in [6.07, 6.45) is 3.58. The van der Waals surface area contributed by atoms with Crippen LogP contribution in [0.1, 0.15) is 37.9 Å².